The third-order valence-corrected chi connectivity index (χ3v) is 4.58. The number of halogens is 3. The number of amides is 1. The number of ether oxygens (including phenoxy) is 1. The van der Waals surface area contributed by atoms with Gasteiger partial charge in [0.25, 0.3) is 0 Å². The fraction of sp³-hybridized carbons (Fsp3) is 0.600. The van der Waals surface area contributed by atoms with E-state index >= 15 is 0 Å². The van der Waals surface area contributed by atoms with Gasteiger partial charge in [0.05, 0.1) is 6.61 Å². The summed E-state index contributed by atoms with van der Waals surface area (Å²) in [6.45, 7) is 4.39. The molecule has 0 aliphatic carbocycles. The van der Waals surface area contributed by atoms with Crippen molar-refractivity contribution in [2.45, 2.75) is 45.6 Å². The monoisotopic (exact) mass is 414 g/mol. The summed E-state index contributed by atoms with van der Waals surface area (Å²) in [5.74, 6) is 0.802. The smallest absolute Gasteiger partial charge is 0.367 e. The van der Waals surface area contributed by atoms with Gasteiger partial charge in [0.15, 0.2) is 5.96 Å². The van der Waals surface area contributed by atoms with Crippen molar-refractivity contribution in [3.63, 3.8) is 0 Å². The second-order valence-electron chi connectivity index (χ2n) is 7.42. The second kappa shape index (κ2) is 10.5. The van der Waals surface area contributed by atoms with Gasteiger partial charge >= 0.3 is 6.18 Å². The van der Waals surface area contributed by atoms with Gasteiger partial charge < -0.3 is 20.3 Å². The summed E-state index contributed by atoms with van der Waals surface area (Å²) >= 11 is 0. The SMILES string of the molecule is CN=C(NCc1ccc(COCC(F)(F)F)cc1)NC1CCN(C(=O)C(C)C)C1. The number of hydrogen-bond donors (Lipinski definition) is 2. The van der Waals surface area contributed by atoms with E-state index in [0.717, 1.165) is 18.5 Å². The predicted molar refractivity (Wildman–Crippen MR) is 105 cm³/mol. The number of carbonyl (C=O) groups excluding carboxylic acids is 1. The molecule has 1 heterocycles. The van der Waals surface area contributed by atoms with E-state index in [4.69, 9.17) is 0 Å². The van der Waals surface area contributed by atoms with Gasteiger partial charge in [0.1, 0.15) is 6.61 Å². The van der Waals surface area contributed by atoms with Crippen LogP contribution in [0.2, 0.25) is 0 Å². The topological polar surface area (TPSA) is 66.0 Å². The lowest BCUT2D eigenvalue weighted by Gasteiger charge is -2.20. The minimum absolute atomic E-state index is 0.00646. The van der Waals surface area contributed by atoms with Gasteiger partial charge in [-0.1, -0.05) is 38.1 Å². The Labute approximate surface area is 169 Å². The van der Waals surface area contributed by atoms with Gasteiger partial charge in [-0.15, -0.1) is 0 Å². The van der Waals surface area contributed by atoms with Crippen LogP contribution in [0.4, 0.5) is 13.2 Å². The Kier molecular flexibility index (Phi) is 8.31. The molecule has 1 unspecified atom stereocenters. The lowest BCUT2D eigenvalue weighted by molar-refractivity contribution is -0.176. The maximum Gasteiger partial charge on any atom is 0.411 e. The zero-order chi connectivity index (χ0) is 21.4. The number of likely N-dealkylation sites (tertiary alicyclic amines) is 1. The molecule has 1 saturated heterocycles. The van der Waals surface area contributed by atoms with E-state index in [1.807, 2.05) is 30.9 Å². The molecule has 1 aromatic carbocycles. The van der Waals surface area contributed by atoms with Crippen LogP contribution in [0.25, 0.3) is 0 Å². The van der Waals surface area contributed by atoms with Crippen molar-refractivity contribution in [1.29, 1.82) is 0 Å². The molecule has 2 rings (SSSR count). The van der Waals surface area contributed by atoms with Gasteiger partial charge in [0.2, 0.25) is 5.91 Å². The van der Waals surface area contributed by atoms with Crippen molar-refractivity contribution in [3.05, 3.63) is 35.4 Å². The Morgan fingerprint density at radius 3 is 2.52 bits per heavy atom. The van der Waals surface area contributed by atoms with Crippen LogP contribution in [0, 0.1) is 5.92 Å². The fourth-order valence-corrected chi connectivity index (χ4v) is 3.06. The van der Waals surface area contributed by atoms with Crippen molar-refractivity contribution in [2.24, 2.45) is 10.9 Å². The number of hydrogen-bond acceptors (Lipinski definition) is 3. The van der Waals surface area contributed by atoms with Crippen LogP contribution < -0.4 is 10.6 Å². The summed E-state index contributed by atoms with van der Waals surface area (Å²) in [6.07, 6.45) is -3.45. The van der Waals surface area contributed by atoms with E-state index in [0.29, 0.717) is 24.6 Å². The summed E-state index contributed by atoms with van der Waals surface area (Å²) < 4.78 is 41.0. The van der Waals surface area contributed by atoms with Gasteiger partial charge in [-0.25, -0.2) is 0 Å². The third kappa shape index (κ3) is 7.92. The molecule has 6 nitrogen and oxygen atoms in total. The Hall–Kier alpha value is -2.29. The van der Waals surface area contributed by atoms with Crippen molar-refractivity contribution in [1.82, 2.24) is 15.5 Å². The molecule has 0 saturated carbocycles. The first-order chi connectivity index (χ1) is 13.7. The minimum atomic E-state index is -4.31. The van der Waals surface area contributed by atoms with Crippen LogP contribution in [0.1, 0.15) is 31.4 Å². The first kappa shape index (κ1) is 23.0. The molecule has 1 aliphatic heterocycles. The molecule has 29 heavy (non-hydrogen) atoms. The summed E-state index contributed by atoms with van der Waals surface area (Å²) in [5.41, 5.74) is 1.65. The Bertz CT molecular complexity index is 690. The fourth-order valence-electron chi connectivity index (χ4n) is 3.06. The van der Waals surface area contributed by atoms with Crippen molar-refractivity contribution >= 4 is 11.9 Å². The number of rotatable bonds is 7. The zero-order valence-corrected chi connectivity index (χ0v) is 17.1. The number of benzene rings is 1. The number of carbonyl (C=O) groups is 1. The van der Waals surface area contributed by atoms with Gasteiger partial charge in [-0.3, -0.25) is 9.79 Å². The van der Waals surface area contributed by atoms with E-state index in [-0.39, 0.29) is 24.5 Å². The van der Waals surface area contributed by atoms with Gasteiger partial charge in [-0.05, 0) is 17.5 Å². The van der Waals surface area contributed by atoms with E-state index < -0.39 is 12.8 Å². The third-order valence-electron chi connectivity index (χ3n) is 4.58. The Morgan fingerprint density at radius 2 is 1.93 bits per heavy atom. The van der Waals surface area contributed by atoms with Crippen molar-refractivity contribution < 1.29 is 22.7 Å². The molecule has 0 spiro atoms. The van der Waals surface area contributed by atoms with Crippen LogP contribution in [-0.4, -0.2) is 55.7 Å². The highest BCUT2D eigenvalue weighted by molar-refractivity contribution is 5.81. The molecule has 0 aromatic heterocycles. The maximum atomic E-state index is 12.1. The summed E-state index contributed by atoms with van der Waals surface area (Å²) in [4.78, 5) is 18.2. The van der Waals surface area contributed by atoms with E-state index in [2.05, 4.69) is 20.4 Å². The lowest BCUT2D eigenvalue weighted by Crippen LogP contribution is -2.45. The first-order valence-corrected chi connectivity index (χ1v) is 9.66. The zero-order valence-electron chi connectivity index (χ0n) is 17.1. The second-order valence-corrected chi connectivity index (χ2v) is 7.42. The summed E-state index contributed by atoms with van der Waals surface area (Å²) in [6, 6.07) is 7.32. The van der Waals surface area contributed by atoms with Crippen LogP contribution >= 0.6 is 0 Å². The van der Waals surface area contributed by atoms with Crippen LogP contribution in [-0.2, 0) is 22.7 Å². The van der Waals surface area contributed by atoms with Gasteiger partial charge in [0, 0.05) is 38.6 Å². The number of nitrogens with one attached hydrogen (secondary N) is 2. The predicted octanol–water partition coefficient (Wildman–Crippen LogP) is 2.69. The average molecular weight is 414 g/mol. The lowest BCUT2D eigenvalue weighted by atomic mass is 10.1. The van der Waals surface area contributed by atoms with Crippen LogP contribution in [0.3, 0.4) is 0 Å². The normalized spacial score (nSPS) is 17.7. The Balaban J connectivity index is 1.76. The molecule has 0 bridgehead atoms. The highest BCUT2D eigenvalue weighted by atomic mass is 19.4. The molecule has 1 fully saturated rings. The molecule has 1 aromatic rings. The van der Waals surface area contributed by atoms with Crippen molar-refractivity contribution in [3.8, 4) is 0 Å². The first-order valence-electron chi connectivity index (χ1n) is 9.66. The summed E-state index contributed by atoms with van der Waals surface area (Å²) in [5, 5.41) is 6.55. The van der Waals surface area contributed by atoms with E-state index in [1.165, 1.54) is 0 Å². The molecule has 1 amide bonds. The number of nitrogens with zero attached hydrogens (tertiary/aromatic N) is 2. The quantitative estimate of drug-likeness (QED) is 0.532. The molecule has 2 N–H and O–H groups in total. The largest absolute Gasteiger partial charge is 0.411 e. The molecule has 1 aliphatic rings. The van der Waals surface area contributed by atoms with E-state index in [1.54, 1.807) is 19.2 Å². The molecular formula is C20H29F3N4O2. The molecule has 1 atom stereocenters. The number of guanidine groups is 1. The standard InChI is InChI=1S/C20H29F3N4O2/c1-14(2)18(28)27-9-8-17(11-27)26-19(24-3)25-10-15-4-6-16(7-5-15)12-29-13-20(21,22)23/h4-7,14,17H,8-13H2,1-3H3,(H2,24,25,26). The number of aliphatic imine (C=N–C) groups is 1. The highest BCUT2D eigenvalue weighted by Gasteiger charge is 2.28. The average Bonchev–Trinajstić information content (AvgIpc) is 3.12. The van der Waals surface area contributed by atoms with Crippen molar-refractivity contribution in [2.75, 3.05) is 26.7 Å². The highest BCUT2D eigenvalue weighted by Crippen LogP contribution is 2.16. The molecular weight excluding hydrogens is 385 g/mol. The van der Waals surface area contributed by atoms with Crippen LogP contribution in [0.15, 0.2) is 29.3 Å². The number of alkyl halides is 3. The Morgan fingerprint density at radius 1 is 1.28 bits per heavy atom. The molecule has 0 radical (unpaired) electrons. The van der Waals surface area contributed by atoms with E-state index in [9.17, 15) is 18.0 Å². The molecule has 162 valence electrons. The van der Waals surface area contributed by atoms with Crippen LogP contribution in [0.5, 0.6) is 0 Å². The molecule has 9 heteroatoms. The maximum absolute atomic E-state index is 12.1. The summed E-state index contributed by atoms with van der Waals surface area (Å²) in [7, 11) is 1.68. The minimum Gasteiger partial charge on any atom is -0.367 e. The van der Waals surface area contributed by atoms with Gasteiger partial charge in [-0.2, -0.15) is 13.2 Å².